The van der Waals surface area contributed by atoms with E-state index in [4.69, 9.17) is 5.73 Å². The largest absolute Gasteiger partial charge is 0.324 e. The molecule has 0 saturated heterocycles. The zero-order valence-electron chi connectivity index (χ0n) is 8.52. The standard InChI is InChI=1S/C9H10Br2N4S/c1-15-8(13-4-14-15)3-6(12)5-2-7(10)16-9(5)11/h2,4,6H,3,12H2,1H3. The summed E-state index contributed by atoms with van der Waals surface area (Å²) in [6.45, 7) is 0. The van der Waals surface area contributed by atoms with E-state index in [1.807, 2.05) is 13.1 Å². The van der Waals surface area contributed by atoms with Gasteiger partial charge in [0, 0.05) is 19.5 Å². The van der Waals surface area contributed by atoms with E-state index in [1.165, 1.54) is 0 Å². The smallest absolute Gasteiger partial charge is 0.138 e. The molecule has 1 atom stereocenters. The van der Waals surface area contributed by atoms with Gasteiger partial charge in [0.25, 0.3) is 0 Å². The topological polar surface area (TPSA) is 56.7 Å². The Bertz CT molecular complexity index is 493. The van der Waals surface area contributed by atoms with Crippen LogP contribution in [0.3, 0.4) is 0 Å². The van der Waals surface area contributed by atoms with E-state index in [-0.39, 0.29) is 6.04 Å². The molecular weight excluding hydrogens is 356 g/mol. The molecule has 0 aliphatic rings. The van der Waals surface area contributed by atoms with E-state index >= 15 is 0 Å². The summed E-state index contributed by atoms with van der Waals surface area (Å²) in [5.74, 6) is 0.890. The first-order valence-electron chi connectivity index (χ1n) is 4.61. The number of nitrogens with two attached hydrogens (primary N) is 1. The highest BCUT2D eigenvalue weighted by Gasteiger charge is 2.15. The van der Waals surface area contributed by atoms with Gasteiger partial charge in [0.05, 0.1) is 7.57 Å². The van der Waals surface area contributed by atoms with Crippen molar-refractivity contribution in [1.82, 2.24) is 14.8 Å². The monoisotopic (exact) mass is 364 g/mol. The van der Waals surface area contributed by atoms with E-state index in [2.05, 4.69) is 41.9 Å². The van der Waals surface area contributed by atoms with Crippen LogP contribution < -0.4 is 5.73 Å². The van der Waals surface area contributed by atoms with E-state index in [9.17, 15) is 0 Å². The number of halogens is 2. The Kier molecular flexibility index (Phi) is 3.78. The minimum absolute atomic E-state index is 0.0696. The minimum Gasteiger partial charge on any atom is -0.324 e. The Morgan fingerprint density at radius 3 is 2.81 bits per heavy atom. The van der Waals surface area contributed by atoms with Crippen LogP contribution in [0.1, 0.15) is 17.4 Å². The van der Waals surface area contributed by atoms with Crippen molar-refractivity contribution in [3.63, 3.8) is 0 Å². The van der Waals surface area contributed by atoms with E-state index in [0.717, 1.165) is 19.0 Å². The first-order valence-corrected chi connectivity index (χ1v) is 7.01. The number of hydrogen-bond acceptors (Lipinski definition) is 4. The summed E-state index contributed by atoms with van der Waals surface area (Å²) in [6.07, 6.45) is 2.22. The van der Waals surface area contributed by atoms with Gasteiger partial charge in [0.15, 0.2) is 0 Å². The summed E-state index contributed by atoms with van der Waals surface area (Å²) < 4.78 is 3.88. The van der Waals surface area contributed by atoms with Crippen LogP contribution in [0.25, 0.3) is 0 Å². The number of thiophene rings is 1. The number of rotatable bonds is 3. The minimum atomic E-state index is -0.0696. The lowest BCUT2D eigenvalue weighted by Crippen LogP contribution is -2.15. The van der Waals surface area contributed by atoms with Crippen LogP contribution in [0.5, 0.6) is 0 Å². The molecule has 16 heavy (non-hydrogen) atoms. The van der Waals surface area contributed by atoms with Crippen molar-refractivity contribution in [1.29, 1.82) is 0 Å². The van der Waals surface area contributed by atoms with Gasteiger partial charge in [-0.3, -0.25) is 4.68 Å². The summed E-state index contributed by atoms with van der Waals surface area (Å²) in [5, 5.41) is 4.02. The third kappa shape index (κ3) is 2.53. The van der Waals surface area contributed by atoms with Gasteiger partial charge in [-0.25, -0.2) is 4.98 Å². The molecule has 0 spiro atoms. The van der Waals surface area contributed by atoms with Crippen LogP contribution in [-0.4, -0.2) is 14.8 Å². The Hall–Kier alpha value is -0.240. The maximum absolute atomic E-state index is 6.14. The zero-order chi connectivity index (χ0) is 11.7. The van der Waals surface area contributed by atoms with Crippen molar-refractivity contribution in [3.8, 4) is 0 Å². The first kappa shape index (κ1) is 12.2. The normalized spacial score (nSPS) is 13.0. The molecule has 0 aliphatic heterocycles. The summed E-state index contributed by atoms with van der Waals surface area (Å²) in [7, 11) is 1.87. The predicted molar refractivity (Wildman–Crippen MR) is 71.4 cm³/mol. The fourth-order valence-corrected chi connectivity index (χ4v) is 4.42. The van der Waals surface area contributed by atoms with E-state index in [1.54, 1.807) is 22.3 Å². The second kappa shape index (κ2) is 4.95. The number of nitrogens with zero attached hydrogens (tertiary/aromatic N) is 3. The molecule has 1 unspecified atom stereocenters. The van der Waals surface area contributed by atoms with Gasteiger partial charge in [-0.2, -0.15) is 5.10 Å². The summed E-state index contributed by atoms with van der Waals surface area (Å²) in [5.41, 5.74) is 7.24. The summed E-state index contributed by atoms with van der Waals surface area (Å²) in [6, 6.07) is 1.97. The highest BCUT2D eigenvalue weighted by Crippen LogP contribution is 2.35. The molecule has 2 aromatic heterocycles. The van der Waals surface area contributed by atoms with E-state index in [0.29, 0.717) is 6.42 Å². The van der Waals surface area contributed by atoms with Crippen LogP contribution in [0, 0.1) is 0 Å². The highest BCUT2D eigenvalue weighted by molar-refractivity contribution is 9.12. The van der Waals surface area contributed by atoms with Crippen molar-refractivity contribution in [2.75, 3.05) is 0 Å². The van der Waals surface area contributed by atoms with Gasteiger partial charge in [-0.15, -0.1) is 11.3 Å². The highest BCUT2D eigenvalue weighted by atomic mass is 79.9. The Balaban J connectivity index is 2.17. The first-order chi connectivity index (χ1) is 7.58. The molecule has 86 valence electrons. The van der Waals surface area contributed by atoms with Gasteiger partial charge < -0.3 is 5.73 Å². The van der Waals surface area contributed by atoms with Crippen molar-refractivity contribution in [3.05, 3.63) is 31.4 Å². The van der Waals surface area contributed by atoms with E-state index < -0.39 is 0 Å². The number of aromatic nitrogens is 3. The van der Waals surface area contributed by atoms with Crippen molar-refractivity contribution in [2.45, 2.75) is 12.5 Å². The number of aryl methyl sites for hydroxylation is 1. The molecule has 0 amide bonds. The van der Waals surface area contributed by atoms with Crippen LogP contribution >= 0.6 is 43.2 Å². The summed E-state index contributed by atoms with van der Waals surface area (Å²) in [4.78, 5) is 4.17. The molecule has 2 N–H and O–H groups in total. The molecule has 7 heteroatoms. The van der Waals surface area contributed by atoms with Gasteiger partial charge >= 0.3 is 0 Å². The molecule has 0 radical (unpaired) electrons. The Morgan fingerprint density at radius 2 is 2.31 bits per heavy atom. The lowest BCUT2D eigenvalue weighted by Gasteiger charge is -2.09. The molecular formula is C9H10Br2N4S. The van der Waals surface area contributed by atoms with Crippen LogP contribution in [0.15, 0.2) is 20.0 Å². The van der Waals surface area contributed by atoms with Crippen molar-refractivity contribution >= 4 is 43.2 Å². The molecule has 0 fully saturated rings. The summed E-state index contributed by atoms with van der Waals surface area (Å²) >= 11 is 8.57. The maximum Gasteiger partial charge on any atom is 0.138 e. The number of hydrogen-bond donors (Lipinski definition) is 1. The van der Waals surface area contributed by atoms with Crippen molar-refractivity contribution < 1.29 is 0 Å². The molecule has 0 aromatic carbocycles. The molecule has 0 bridgehead atoms. The zero-order valence-corrected chi connectivity index (χ0v) is 12.5. The van der Waals surface area contributed by atoms with Crippen LogP contribution in [-0.2, 0) is 13.5 Å². The SMILES string of the molecule is Cn1ncnc1CC(N)c1cc(Br)sc1Br. The van der Waals surface area contributed by atoms with Crippen molar-refractivity contribution in [2.24, 2.45) is 12.8 Å². The Morgan fingerprint density at radius 1 is 1.56 bits per heavy atom. The Labute approximate surface area is 114 Å². The molecule has 0 aliphatic carbocycles. The van der Waals surface area contributed by atoms with Crippen LogP contribution in [0.4, 0.5) is 0 Å². The third-order valence-electron chi connectivity index (χ3n) is 2.29. The lowest BCUT2D eigenvalue weighted by molar-refractivity contribution is 0.629. The lowest BCUT2D eigenvalue weighted by atomic mass is 10.1. The average Bonchev–Trinajstić information content (AvgIpc) is 2.74. The molecule has 2 heterocycles. The van der Waals surface area contributed by atoms with Crippen LogP contribution in [0.2, 0.25) is 0 Å². The van der Waals surface area contributed by atoms with Gasteiger partial charge in [-0.1, -0.05) is 0 Å². The quantitative estimate of drug-likeness (QED) is 0.909. The van der Waals surface area contributed by atoms with Gasteiger partial charge in [-0.05, 0) is 43.5 Å². The van der Waals surface area contributed by atoms with Gasteiger partial charge in [0.2, 0.25) is 0 Å². The fourth-order valence-electron chi connectivity index (χ4n) is 1.42. The molecule has 0 saturated carbocycles. The predicted octanol–water partition coefficient (Wildman–Crippen LogP) is 2.64. The molecule has 2 rings (SSSR count). The maximum atomic E-state index is 6.14. The average molecular weight is 366 g/mol. The second-order valence-electron chi connectivity index (χ2n) is 3.39. The molecule has 4 nitrogen and oxygen atoms in total. The molecule has 2 aromatic rings. The fraction of sp³-hybridized carbons (Fsp3) is 0.333. The van der Waals surface area contributed by atoms with Gasteiger partial charge in [0.1, 0.15) is 12.2 Å². The third-order valence-corrected chi connectivity index (χ3v) is 4.68. The second-order valence-corrected chi connectivity index (χ2v) is 7.14.